The third-order valence-corrected chi connectivity index (χ3v) is 5.57. The van der Waals surface area contributed by atoms with E-state index in [9.17, 15) is 14.0 Å². The molecule has 122 valence electrons. The highest BCUT2D eigenvalue weighted by Gasteiger charge is 2.45. The minimum absolute atomic E-state index is 0.0921. The summed E-state index contributed by atoms with van der Waals surface area (Å²) in [5, 5.41) is 10.4. The maximum Gasteiger partial charge on any atom is 0.335 e. The molecule has 7 heteroatoms. The molecule has 1 saturated heterocycles. The van der Waals surface area contributed by atoms with Gasteiger partial charge in [-0.15, -0.1) is 11.8 Å². The summed E-state index contributed by atoms with van der Waals surface area (Å²) >= 11 is 1.36. The summed E-state index contributed by atoms with van der Waals surface area (Å²) in [4.78, 5) is 24.2. The van der Waals surface area contributed by atoms with E-state index < -0.39 is 5.97 Å². The van der Waals surface area contributed by atoms with E-state index in [1.165, 1.54) is 35.0 Å². The summed E-state index contributed by atoms with van der Waals surface area (Å²) in [5.41, 5.74) is 4.66. The number of amides is 1. The number of nitrogens with zero attached hydrogens (tertiary/aromatic N) is 1. The number of carboxylic acids is 1. The van der Waals surface area contributed by atoms with E-state index >= 15 is 0 Å². The second kappa shape index (κ2) is 5.61. The van der Waals surface area contributed by atoms with Crippen LogP contribution in [0.2, 0.25) is 0 Å². The molecular weight excluding hydrogens is 331 g/mol. The number of hydrogen-bond donors (Lipinski definition) is 2. The van der Waals surface area contributed by atoms with Gasteiger partial charge in [0.1, 0.15) is 5.82 Å². The Morgan fingerprint density at radius 1 is 1.25 bits per heavy atom. The summed E-state index contributed by atoms with van der Waals surface area (Å²) < 4.78 is 14.0. The first-order chi connectivity index (χ1) is 11.6. The molecule has 0 aromatic heterocycles. The van der Waals surface area contributed by atoms with Crippen LogP contribution in [0.15, 0.2) is 47.4 Å². The Morgan fingerprint density at radius 3 is 2.71 bits per heavy atom. The van der Waals surface area contributed by atoms with Gasteiger partial charge in [0.25, 0.3) is 0 Å². The van der Waals surface area contributed by atoms with Crippen LogP contribution in [0.5, 0.6) is 0 Å². The molecule has 1 amide bonds. The van der Waals surface area contributed by atoms with Gasteiger partial charge in [-0.3, -0.25) is 4.79 Å². The number of carboxylic acid groups (broad SMARTS) is 1. The van der Waals surface area contributed by atoms with Crippen molar-refractivity contribution in [3.63, 3.8) is 0 Å². The van der Waals surface area contributed by atoms with Gasteiger partial charge in [-0.05, 0) is 35.9 Å². The molecule has 24 heavy (non-hydrogen) atoms. The van der Waals surface area contributed by atoms with Crippen LogP contribution < -0.4 is 10.4 Å². The predicted molar refractivity (Wildman–Crippen MR) is 87.4 cm³/mol. The van der Waals surface area contributed by atoms with Gasteiger partial charge in [-0.25, -0.2) is 19.6 Å². The number of hydrogen-bond acceptors (Lipinski definition) is 4. The van der Waals surface area contributed by atoms with E-state index in [-0.39, 0.29) is 29.2 Å². The number of thioether (sulfide) groups is 1. The first kappa shape index (κ1) is 15.2. The lowest BCUT2D eigenvalue weighted by atomic mass is 9.95. The lowest BCUT2D eigenvalue weighted by Gasteiger charge is -2.25. The van der Waals surface area contributed by atoms with Gasteiger partial charge in [-0.1, -0.05) is 12.1 Å². The smallest absolute Gasteiger partial charge is 0.335 e. The number of rotatable bonds is 2. The highest BCUT2D eigenvalue weighted by Crippen LogP contribution is 2.44. The number of anilines is 1. The van der Waals surface area contributed by atoms with E-state index in [0.717, 1.165) is 5.56 Å². The second-order valence-electron chi connectivity index (χ2n) is 5.71. The lowest BCUT2D eigenvalue weighted by molar-refractivity contribution is -0.120. The Bertz CT molecular complexity index is 840. The summed E-state index contributed by atoms with van der Waals surface area (Å²) in [6.45, 7) is 0. The standard InChI is InChI=1S/C17H13FN2O3S/c18-13-3-1-2-11-14-12(8-24-15(11)13)16(21)20(19-14)10-6-4-9(5-7-10)17(22)23/h1-7,12,14,19H,8H2,(H,22,23). The molecule has 0 saturated carbocycles. The van der Waals surface area contributed by atoms with Crippen molar-refractivity contribution in [2.45, 2.75) is 10.9 Å². The molecular formula is C17H13FN2O3S. The number of nitrogens with one attached hydrogen (secondary N) is 1. The SMILES string of the molecule is O=C(O)c1ccc(N2NC3c4cccc(F)c4SCC3C2=O)cc1. The normalized spacial score (nSPS) is 22.2. The maximum absolute atomic E-state index is 14.0. The van der Waals surface area contributed by atoms with Crippen LogP contribution in [-0.4, -0.2) is 22.7 Å². The quantitative estimate of drug-likeness (QED) is 0.877. The molecule has 2 unspecified atom stereocenters. The average molecular weight is 344 g/mol. The monoisotopic (exact) mass is 344 g/mol. The first-order valence-corrected chi connectivity index (χ1v) is 8.39. The third-order valence-electron chi connectivity index (χ3n) is 4.32. The van der Waals surface area contributed by atoms with Crippen molar-refractivity contribution in [1.82, 2.24) is 5.43 Å². The fraction of sp³-hybridized carbons (Fsp3) is 0.176. The summed E-state index contributed by atoms with van der Waals surface area (Å²) in [6, 6.07) is 10.7. The first-order valence-electron chi connectivity index (χ1n) is 7.41. The highest BCUT2D eigenvalue weighted by molar-refractivity contribution is 7.99. The van der Waals surface area contributed by atoms with Crippen molar-refractivity contribution in [3.05, 3.63) is 59.4 Å². The number of fused-ring (bicyclic) bond motifs is 3. The van der Waals surface area contributed by atoms with Crippen LogP contribution in [0.3, 0.4) is 0 Å². The molecule has 2 heterocycles. The van der Waals surface area contributed by atoms with Gasteiger partial charge in [-0.2, -0.15) is 0 Å². The summed E-state index contributed by atoms with van der Waals surface area (Å²) in [7, 11) is 0. The number of aromatic carboxylic acids is 1. The van der Waals surface area contributed by atoms with Crippen LogP contribution in [0.1, 0.15) is 22.0 Å². The Balaban J connectivity index is 1.67. The molecule has 2 aromatic rings. The van der Waals surface area contributed by atoms with Crippen LogP contribution in [0.25, 0.3) is 0 Å². The van der Waals surface area contributed by atoms with Gasteiger partial charge in [0.05, 0.1) is 23.2 Å². The van der Waals surface area contributed by atoms with Crippen molar-refractivity contribution < 1.29 is 19.1 Å². The number of carbonyl (C=O) groups excluding carboxylic acids is 1. The molecule has 2 N–H and O–H groups in total. The van der Waals surface area contributed by atoms with E-state index in [1.54, 1.807) is 18.2 Å². The van der Waals surface area contributed by atoms with Gasteiger partial charge in [0.15, 0.2) is 0 Å². The summed E-state index contributed by atoms with van der Waals surface area (Å²) in [6.07, 6.45) is 0. The van der Waals surface area contributed by atoms with Crippen molar-refractivity contribution >= 4 is 29.3 Å². The zero-order chi connectivity index (χ0) is 16.8. The third kappa shape index (κ3) is 2.28. The fourth-order valence-corrected chi connectivity index (χ4v) is 4.35. The van der Waals surface area contributed by atoms with Crippen LogP contribution in [0, 0.1) is 11.7 Å². The number of halogens is 1. The van der Waals surface area contributed by atoms with Crippen LogP contribution in [0.4, 0.5) is 10.1 Å². The topological polar surface area (TPSA) is 69.6 Å². The maximum atomic E-state index is 14.0. The second-order valence-corrected chi connectivity index (χ2v) is 6.74. The average Bonchev–Trinajstić information content (AvgIpc) is 2.93. The molecule has 1 fully saturated rings. The molecule has 5 nitrogen and oxygen atoms in total. The van der Waals surface area contributed by atoms with Crippen molar-refractivity contribution in [2.75, 3.05) is 10.8 Å². The van der Waals surface area contributed by atoms with Crippen LogP contribution in [-0.2, 0) is 4.79 Å². The van der Waals surface area contributed by atoms with Crippen molar-refractivity contribution in [3.8, 4) is 0 Å². The Kier molecular flexibility index (Phi) is 3.54. The van der Waals surface area contributed by atoms with Gasteiger partial charge < -0.3 is 5.11 Å². The Morgan fingerprint density at radius 2 is 2.00 bits per heavy atom. The largest absolute Gasteiger partial charge is 0.478 e. The van der Waals surface area contributed by atoms with Crippen molar-refractivity contribution in [2.24, 2.45) is 5.92 Å². The molecule has 0 spiro atoms. The fourth-order valence-electron chi connectivity index (χ4n) is 3.11. The van der Waals surface area contributed by atoms with Gasteiger partial charge >= 0.3 is 5.97 Å². The van der Waals surface area contributed by atoms with E-state index in [1.807, 2.05) is 6.07 Å². The highest BCUT2D eigenvalue weighted by atomic mass is 32.2. The molecule has 2 aromatic carbocycles. The molecule has 2 aliphatic heterocycles. The number of carbonyl (C=O) groups is 2. The number of hydrazine groups is 1. The molecule has 2 aliphatic rings. The van der Waals surface area contributed by atoms with Gasteiger partial charge in [0, 0.05) is 10.6 Å². The zero-order valence-corrected chi connectivity index (χ0v) is 13.2. The van der Waals surface area contributed by atoms with E-state index in [0.29, 0.717) is 16.3 Å². The molecule has 4 rings (SSSR count). The van der Waals surface area contributed by atoms with Crippen molar-refractivity contribution in [1.29, 1.82) is 0 Å². The minimum atomic E-state index is -1.02. The Labute approximate surface area is 141 Å². The minimum Gasteiger partial charge on any atom is -0.478 e. The number of benzene rings is 2. The van der Waals surface area contributed by atoms with Gasteiger partial charge in [0.2, 0.25) is 5.91 Å². The lowest BCUT2D eigenvalue weighted by Crippen LogP contribution is -2.35. The summed E-state index contributed by atoms with van der Waals surface area (Å²) in [5.74, 6) is -1.14. The molecule has 0 aliphatic carbocycles. The zero-order valence-electron chi connectivity index (χ0n) is 12.4. The predicted octanol–water partition coefficient (Wildman–Crippen LogP) is 2.84. The van der Waals surface area contributed by atoms with E-state index in [4.69, 9.17) is 5.11 Å². The Hall–Kier alpha value is -2.38. The molecule has 0 radical (unpaired) electrons. The molecule has 0 bridgehead atoms. The van der Waals surface area contributed by atoms with E-state index in [2.05, 4.69) is 5.43 Å². The molecule has 2 atom stereocenters. The van der Waals surface area contributed by atoms with Crippen LogP contribution >= 0.6 is 11.8 Å².